The smallest absolute Gasteiger partial charge is 0.497 e. The second-order valence-electron chi connectivity index (χ2n) is 7.31. The van der Waals surface area contributed by atoms with Crippen molar-refractivity contribution in [3.63, 3.8) is 0 Å². The summed E-state index contributed by atoms with van der Waals surface area (Å²) in [4.78, 5) is 19.9. The Balaban J connectivity index is 1.45. The lowest BCUT2D eigenvalue weighted by atomic mass is 10.2. The topological polar surface area (TPSA) is 57.8 Å². The molecule has 1 aliphatic heterocycles. The van der Waals surface area contributed by atoms with Crippen LogP contribution in [-0.4, -0.2) is 55.4 Å². The highest BCUT2D eigenvalue weighted by Gasteiger charge is 2.31. The fourth-order valence-electron chi connectivity index (χ4n) is 3.76. The molecule has 0 radical (unpaired) electrons. The van der Waals surface area contributed by atoms with Gasteiger partial charge in [-0.1, -0.05) is 0 Å². The molecule has 1 fully saturated rings. The third-order valence-electron chi connectivity index (χ3n) is 5.28. The zero-order valence-electron chi connectivity index (χ0n) is 16.9. The zero-order chi connectivity index (χ0) is 22.0. The number of hydrogen-bond acceptors (Lipinski definition) is 4. The van der Waals surface area contributed by atoms with Gasteiger partial charge in [-0.3, -0.25) is 4.79 Å². The lowest BCUT2D eigenvalue weighted by Gasteiger charge is -2.23. The Kier molecular flexibility index (Phi) is 5.67. The summed E-state index contributed by atoms with van der Waals surface area (Å²) in [6, 6.07) is 13.4. The van der Waals surface area contributed by atoms with Crippen LogP contribution in [0, 0.1) is 0 Å². The molecule has 0 saturated carbocycles. The molecule has 3 aromatic rings. The Labute approximate surface area is 177 Å². The number of aromatic amines is 1. The highest BCUT2D eigenvalue weighted by Crippen LogP contribution is 2.27. The number of nitrogens with zero attached hydrogens (tertiary/aromatic N) is 2. The molecule has 164 valence electrons. The first-order chi connectivity index (χ1) is 14.8. The van der Waals surface area contributed by atoms with Crippen molar-refractivity contribution < 1.29 is 27.4 Å². The van der Waals surface area contributed by atoms with E-state index in [0.717, 1.165) is 24.4 Å². The average molecular weight is 433 g/mol. The number of aromatic nitrogens is 1. The van der Waals surface area contributed by atoms with Crippen LogP contribution in [0.5, 0.6) is 11.5 Å². The fraction of sp³-hybridized carbons (Fsp3) is 0.318. The molecule has 31 heavy (non-hydrogen) atoms. The highest BCUT2D eigenvalue weighted by atomic mass is 19.4. The van der Waals surface area contributed by atoms with Crippen LogP contribution in [0.4, 0.5) is 18.9 Å². The van der Waals surface area contributed by atoms with Gasteiger partial charge in [0.15, 0.2) is 0 Å². The number of benzene rings is 2. The zero-order valence-corrected chi connectivity index (χ0v) is 16.9. The number of H-pyrrole nitrogens is 1. The van der Waals surface area contributed by atoms with Gasteiger partial charge in [-0.05, 0) is 48.9 Å². The second kappa shape index (κ2) is 8.41. The van der Waals surface area contributed by atoms with Gasteiger partial charge < -0.3 is 24.3 Å². The molecule has 2 heterocycles. The maximum Gasteiger partial charge on any atom is 0.573 e. The molecule has 1 saturated heterocycles. The van der Waals surface area contributed by atoms with Crippen molar-refractivity contribution in [2.24, 2.45) is 0 Å². The van der Waals surface area contributed by atoms with Gasteiger partial charge in [0.05, 0.1) is 7.11 Å². The summed E-state index contributed by atoms with van der Waals surface area (Å²) >= 11 is 0. The maximum atomic E-state index is 13.0. The van der Waals surface area contributed by atoms with Gasteiger partial charge >= 0.3 is 6.36 Å². The number of alkyl halides is 3. The third kappa shape index (κ3) is 4.87. The fourth-order valence-corrected chi connectivity index (χ4v) is 3.76. The molecule has 2 aromatic carbocycles. The summed E-state index contributed by atoms with van der Waals surface area (Å²) in [6.07, 6.45) is -3.96. The number of fused-ring (bicyclic) bond motifs is 1. The Hall–Kier alpha value is -3.36. The normalized spacial score (nSPS) is 15.1. The quantitative estimate of drug-likeness (QED) is 0.662. The van der Waals surface area contributed by atoms with Gasteiger partial charge in [0.1, 0.15) is 17.2 Å². The molecule has 0 spiro atoms. The number of hydrogen-bond donors (Lipinski definition) is 1. The number of nitrogens with one attached hydrogen (secondary N) is 1. The van der Waals surface area contributed by atoms with E-state index >= 15 is 0 Å². The minimum absolute atomic E-state index is 0.175. The van der Waals surface area contributed by atoms with Crippen molar-refractivity contribution in [1.82, 2.24) is 9.88 Å². The maximum absolute atomic E-state index is 13.0. The van der Waals surface area contributed by atoms with Crippen LogP contribution >= 0.6 is 0 Å². The van der Waals surface area contributed by atoms with E-state index < -0.39 is 6.36 Å². The molecule has 1 aromatic heterocycles. The summed E-state index contributed by atoms with van der Waals surface area (Å²) in [7, 11) is 1.62. The van der Waals surface area contributed by atoms with Crippen LogP contribution in [0.2, 0.25) is 0 Å². The predicted molar refractivity (Wildman–Crippen MR) is 111 cm³/mol. The third-order valence-corrected chi connectivity index (χ3v) is 5.28. The number of rotatable bonds is 4. The van der Waals surface area contributed by atoms with E-state index in [-0.39, 0.29) is 11.7 Å². The Morgan fingerprint density at radius 3 is 2.42 bits per heavy atom. The van der Waals surface area contributed by atoms with E-state index in [1.165, 1.54) is 18.2 Å². The van der Waals surface area contributed by atoms with E-state index in [1.807, 2.05) is 24.3 Å². The second-order valence-corrected chi connectivity index (χ2v) is 7.31. The van der Waals surface area contributed by atoms with Crippen LogP contribution in [0.15, 0.2) is 48.5 Å². The molecule has 1 amide bonds. The van der Waals surface area contributed by atoms with E-state index in [4.69, 9.17) is 4.74 Å². The standard InChI is InChI=1S/C22H22F3N3O3/c1-30-17-7-4-16(5-8-17)27-9-2-10-28(12-11-27)21(29)20-13-15-3-6-18(14-19(15)26-20)31-22(23,24)25/h3-8,13-14,26H,2,9-12H2,1H3. The van der Waals surface area contributed by atoms with Crippen LogP contribution in [0.3, 0.4) is 0 Å². The molecule has 0 aliphatic carbocycles. The number of halogens is 3. The Morgan fingerprint density at radius 2 is 1.71 bits per heavy atom. The highest BCUT2D eigenvalue weighted by molar-refractivity contribution is 5.98. The van der Waals surface area contributed by atoms with Crippen LogP contribution < -0.4 is 14.4 Å². The summed E-state index contributed by atoms with van der Waals surface area (Å²) in [5, 5.41) is 0.646. The first-order valence-corrected chi connectivity index (χ1v) is 9.89. The Bertz CT molecular complexity index is 1060. The van der Waals surface area contributed by atoms with Crippen molar-refractivity contribution in [2.45, 2.75) is 12.8 Å². The number of carbonyl (C=O) groups is 1. The van der Waals surface area contributed by atoms with Gasteiger partial charge in [-0.25, -0.2) is 0 Å². The lowest BCUT2D eigenvalue weighted by Crippen LogP contribution is -2.35. The molecule has 0 bridgehead atoms. The van der Waals surface area contributed by atoms with E-state index in [2.05, 4.69) is 14.6 Å². The van der Waals surface area contributed by atoms with Gasteiger partial charge in [0.2, 0.25) is 0 Å². The first-order valence-electron chi connectivity index (χ1n) is 9.89. The molecule has 9 heteroatoms. The molecular weight excluding hydrogens is 411 g/mol. The summed E-state index contributed by atoms with van der Waals surface area (Å²) in [6.45, 7) is 2.65. The number of amides is 1. The van der Waals surface area contributed by atoms with E-state index in [9.17, 15) is 18.0 Å². The van der Waals surface area contributed by atoms with Crippen LogP contribution in [-0.2, 0) is 0 Å². The molecule has 0 atom stereocenters. The summed E-state index contributed by atoms with van der Waals surface area (Å²) in [5.74, 6) is 0.287. The minimum atomic E-state index is -4.76. The molecule has 0 unspecified atom stereocenters. The van der Waals surface area contributed by atoms with E-state index in [0.29, 0.717) is 36.2 Å². The lowest BCUT2D eigenvalue weighted by molar-refractivity contribution is -0.274. The van der Waals surface area contributed by atoms with Crippen molar-refractivity contribution >= 4 is 22.5 Å². The molecule has 4 rings (SSSR count). The monoisotopic (exact) mass is 433 g/mol. The first kappa shape index (κ1) is 20.9. The number of methoxy groups -OCH3 is 1. The largest absolute Gasteiger partial charge is 0.573 e. The average Bonchev–Trinajstić information content (AvgIpc) is 3.00. The number of anilines is 1. The van der Waals surface area contributed by atoms with Crippen molar-refractivity contribution in [1.29, 1.82) is 0 Å². The predicted octanol–water partition coefficient (Wildman–Crippen LogP) is 4.43. The SMILES string of the molecule is COc1ccc(N2CCCN(C(=O)c3cc4ccc(OC(F)(F)F)cc4[nH]3)CC2)cc1. The molecule has 1 aliphatic rings. The summed E-state index contributed by atoms with van der Waals surface area (Å²) in [5.41, 5.74) is 1.83. The number of carbonyl (C=O) groups excluding carboxylic acids is 1. The van der Waals surface area contributed by atoms with Gasteiger partial charge in [0.25, 0.3) is 5.91 Å². The van der Waals surface area contributed by atoms with Crippen LogP contribution in [0.1, 0.15) is 16.9 Å². The van der Waals surface area contributed by atoms with Crippen molar-refractivity contribution in [2.75, 3.05) is 38.2 Å². The molecular formula is C22H22F3N3O3. The van der Waals surface area contributed by atoms with Gasteiger partial charge in [-0.2, -0.15) is 0 Å². The molecule has 1 N–H and O–H groups in total. The van der Waals surface area contributed by atoms with Gasteiger partial charge in [-0.15, -0.1) is 13.2 Å². The summed E-state index contributed by atoms with van der Waals surface area (Å²) < 4.78 is 46.5. The van der Waals surface area contributed by atoms with Crippen molar-refractivity contribution in [3.05, 3.63) is 54.2 Å². The van der Waals surface area contributed by atoms with E-state index in [1.54, 1.807) is 18.1 Å². The Morgan fingerprint density at radius 1 is 0.968 bits per heavy atom. The number of ether oxygens (including phenoxy) is 2. The van der Waals surface area contributed by atoms with Crippen LogP contribution in [0.25, 0.3) is 10.9 Å². The molecule has 6 nitrogen and oxygen atoms in total. The van der Waals surface area contributed by atoms with Gasteiger partial charge in [0, 0.05) is 48.8 Å². The van der Waals surface area contributed by atoms with Crippen molar-refractivity contribution in [3.8, 4) is 11.5 Å². The minimum Gasteiger partial charge on any atom is -0.497 e.